The molecule has 0 bridgehead atoms. The Morgan fingerprint density at radius 3 is 2.41 bits per heavy atom. The van der Waals surface area contributed by atoms with E-state index in [4.69, 9.17) is 10.5 Å². The molecular formula is C13H21N3O5S. The van der Waals surface area contributed by atoms with E-state index < -0.39 is 20.5 Å². The third-order valence-corrected chi connectivity index (χ3v) is 5.11. The Balaban J connectivity index is 3.10. The highest BCUT2D eigenvalue weighted by atomic mass is 32.2. The number of ether oxygens (including phenoxy) is 1. The van der Waals surface area contributed by atoms with E-state index >= 15 is 0 Å². The lowest BCUT2D eigenvalue weighted by molar-refractivity contribution is -0.385. The highest BCUT2D eigenvalue weighted by Gasteiger charge is 2.26. The molecule has 0 unspecified atom stereocenters. The second kappa shape index (κ2) is 7.03. The maximum atomic E-state index is 12.4. The number of hydrogen-bond acceptors (Lipinski definition) is 6. The second-order valence-corrected chi connectivity index (χ2v) is 6.72. The lowest BCUT2D eigenvalue weighted by Crippen LogP contribution is -2.49. The molecule has 8 nitrogen and oxygen atoms in total. The number of nitro benzene ring substituents is 1. The van der Waals surface area contributed by atoms with Crippen LogP contribution in [0, 0.1) is 10.1 Å². The van der Waals surface area contributed by atoms with Crippen LogP contribution in [0.1, 0.15) is 26.7 Å². The molecule has 1 rings (SSSR count). The molecule has 0 radical (unpaired) electrons. The first-order valence-corrected chi connectivity index (χ1v) is 8.28. The minimum Gasteiger partial charge on any atom is -0.495 e. The molecule has 3 N–H and O–H groups in total. The second-order valence-electron chi connectivity index (χ2n) is 4.99. The summed E-state index contributed by atoms with van der Waals surface area (Å²) in [5.74, 6) is -0.0858. The SMILES string of the molecule is CCC(N)(CC)CNS(=O)(=O)c1ccc([N+](=O)[O-])cc1OC. The van der Waals surface area contributed by atoms with Crippen LogP contribution in [0.2, 0.25) is 0 Å². The van der Waals surface area contributed by atoms with Crippen LogP contribution in [-0.2, 0) is 10.0 Å². The summed E-state index contributed by atoms with van der Waals surface area (Å²) in [4.78, 5) is 9.96. The summed E-state index contributed by atoms with van der Waals surface area (Å²) in [6.07, 6.45) is 1.23. The van der Waals surface area contributed by atoms with Gasteiger partial charge in [-0.25, -0.2) is 13.1 Å². The van der Waals surface area contributed by atoms with E-state index in [0.29, 0.717) is 12.8 Å². The zero-order valence-corrected chi connectivity index (χ0v) is 13.6. The monoisotopic (exact) mass is 331 g/mol. The minimum atomic E-state index is -3.88. The third-order valence-electron chi connectivity index (χ3n) is 3.67. The quantitative estimate of drug-likeness (QED) is 0.548. The first-order chi connectivity index (χ1) is 10.2. The zero-order valence-electron chi connectivity index (χ0n) is 12.8. The third kappa shape index (κ3) is 4.15. The van der Waals surface area contributed by atoms with E-state index in [1.165, 1.54) is 7.11 Å². The van der Waals surface area contributed by atoms with Gasteiger partial charge in [-0.05, 0) is 18.9 Å². The smallest absolute Gasteiger partial charge is 0.273 e. The van der Waals surface area contributed by atoms with Gasteiger partial charge in [0.1, 0.15) is 10.6 Å². The van der Waals surface area contributed by atoms with E-state index in [0.717, 1.165) is 18.2 Å². The van der Waals surface area contributed by atoms with Gasteiger partial charge in [-0.2, -0.15) is 0 Å². The summed E-state index contributed by atoms with van der Waals surface area (Å²) in [6.45, 7) is 3.83. The Labute approximate surface area is 129 Å². The van der Waals surface area contributed by atoms with Crippen molar-refractivity contribution in [1.82, 2.24) is 4.72 Å². The van der Waals surface area contributed by atoms with Crippen molar-refractivity contribution in [2.45, 2.75) is 37.1 Å². The van der Waals surface area contributed by atoms with Gasteiger partial charge in [0.15, 0.2) is 0 Å². The molecule has 1 aromatic carbocycles. The number of hydrogen-bond donors (Lipinski definition) is 2. The highest BCUT2D eigenvalue weighted by Crippen LogP contribution is 2.28. The number of nitro groups is 1. The summed E-state index contributed by atoms with van der Waals surface area (Å²) in [7, 11) is -2.62. The number of benzene rings is 1. The van der Waals surface area contributed by atoms with E-state index in [-0.39, 0.29) is 22.9 Å². The van der Waals surface area contributed by atoms with Crippen LogP contribution in [0.15, 0.2) is 23.1 Å². The molecule has 0 aliphatic heterocycles. The van der Waals surface area contributed by atoms with Crippen molar-refractivity contribution in [1.29, 1.82) is 0 Å². The Morgan fingerprint density at radius 1 is 1.36 bits per heavy atom. The summed E-state index contributed by atoms with van der Waals surface area (Å²) < 4.78 is 32.1. The van der Waals surface area contributed by atoms with Gasteiger partial charge in [-0.3, -0.25) is 10.1 Å². The molecule has 0 saturated carbocycles. The van der Waals surface area contributed by atoms with Gasteiger partial charge >= 0.3 is 0 Å². The maximum Gasteiger partial charge on any atom is 0.273 e. The molecule has 0 spiro atoms. The average molecular weight is 331 g/mol. The number of non-ortho nitro benzene ring substituents is 1. The van der Waals surface area contributed by atoms with Crippen molar-refractivity contribution < 1.29 is 18.1 Å². The van der Waals surface area contributed by atoms with Gasteiger partial charge in [0.2, 0.25) is 10.0 Å². The fourth-order valence-corrected chi connectivity index (χ4v) is 3.10. The highest BCUT2D eigenvalue weighted by molar-refractivity contribution is 7.89. The molecule has 0 aromatic heterocycles. The van der Waals surface area contributed by atoms with Crippen molar-refractivity contribution in [2.24, 2.45) is 5.73 Å². The van der Waals surface area contributed by atoms with Crippen LogP contribution in [0.4, 0.5) is 5.69 Å². The Hall–Kier alpha value is -1.71. The standard InChI is InChI=1S/C13H21N3O5S/c1-4-13(14,5-2)9-15-22(19,20)12-7-6-10(16(17)18)8-11(12)21-3/h6-8,15H,4-5,9,14H2,1-3H3. The first kappa shape index (κ1) is 18.3. The van der Waals surface area contributed by atoms with Gasteiger partial charge in [-0.1, -0.05) is 13.8 Å². The van der Waals surface area contributed by atoms with Crippen LogP contribution >= 0.6 is 0 Å². The summed E-state index contributed by atoms with van der Waals surface area (Å²) in [5, 5.41) is 10.7. The van der Waals surface area contributed by atoms with Gasteiger partial charge in [0.05, 0.1) is 18.1 Å². The Bertz CT molecular complexity index is 641. The number of rotatable bonds is 8. The largest absolute Gasteiger partial charge is 0.495 e. The zero-order chi connectivity index (χ0) is 17.0. The van der Waals surface area contributed by atoms with E-state index in [1.54, 1.807) is 0 Å². The molecule has 0 amide bonds. The lowest BCUT2D eigenvalue weighted by Gasteiger charge is -2.26. The van der Waals surface area contributed by atoms with E-state index in [9.17, 15) is 18.5 Å². The topological polar surface area (TPSA) is 125 Å². The van der Waals surface area contributed by atoms with Crippen molar-refractivity contribution in [2.75, 3.05) is 13.7 Å². The Morgan fingerprint density at radius 2 is 1.95 bits per heavy atom. The molecule has 0 fully saturated rings. The number of sulfonamides is 1. The molecule has 22 heavy (non-hydrogen) atoms. The van der Waals surface area contributed by atoms with Gasteiger partial charge < -0.3 is 10.5 Å². The van der Waals surface area contributed by atoms with Crippen molar-refractivity contribution in [3.05, 3.63) is 28.3 Å². The van der Waals surface area contributed by atoms with Gasteiger partial charge in [0.25, 0.3) is 5.69 Å². The Kier molecular flexibility index (Phi) is 5.86. The van der Waals surface area contributed by atoms with Crippen LogP contribution in [-0.4, -0.2) is 32.5 Å². The molecule has 0 heterocycles. The van der Waals surface area contributed by atoms with Crippen molar-refractivity contribution >= 4 is 15.7 Å². The van der Waals surface area contributed by atoms with Crippen LogP contribution in [0.3, 0.4) is 0 Å². The van der Waals surface area contributed by atoms with E-state index in [1.807, 2.05) is 13.8 Å². The summed E-state index contributed by atoms with van der Waals surface area (Å²) in [5.41, 5.74) is 5.19. The van der Waals surface area contributed by atoms with Crippen LogP contribution < -0.4 is 15.2 Å². The van der Waals surface area contributed by atoms with Gasteiger partial charge in [0, 0.05) is 18.2 Å². The first-order valence-electron chi connectivity index (χ1n) is 6.80. The lowest BCUT2D eigenvalue weighted by atomic mass is 9.95. The summed E-state index contributed by atoms with van der Waals surface area (Å²) in [6, 6.07) is 3.34. The molecule has 0 aliphatic carbocycles. The molecule has 0 aliphatic rings. The van der Waals surface area contributed by atoms with E-state index in [2.05, 4.69) is 4.72 Å². The number of methoxy groups -OCH3 is 1. The molecule has 9 heteroatoms. The number of nitrogens with zero attached hydrogens (tertiary/aromatic N) is 1. The maximum absolute atomic E-state index is 12.4. The average Bonchev–Trinajstić information content (AvgIpc) is 2.51. The van der Waals surface area contributed by atoms with Crippen molar-refractivity contribution in [3.8, 4) is 5.75 Å². The van der Waals surface area contributed by atoms with Crippen LogP contribution in [0.25, 0.3) is 0 Å². The van der Waals surface area contributed by atoms with Crippen molar-refractivity contribution in [3.63, 3.8) is 0 Å². The molecule has 124 valence electrons. The molecule has 1 aromatic rings. The predicted molar refractivity (Wildman–Crippen MR) is 82.3 cm³/mol. The minimum absolute atomic E-state index is 0.0719. The molecular weight excluding hydrogens is 310 g/mol. The summed E-state index contributed by atoms with van der Waals surface area (Å²) >= 11 is 0. The fourth-order valence-electron chi connectivity index (χ4n) is 1.81. The molecule has 0 saturated heterocycles. The molecule has 0 atom stereocenters. The van der Waals surface area contributed by atoms with Crippen LogP contribution in [0.5, 0.6) is 5.75 Å². The fraction of sp³-hybridized carbons (Fsp3) is 0.538. The van der Waals surface area contributed by atoms with Gasteiger partial charge in [-0.15, -0.1) is 0 Å². The predicted octanol–water partition coefficient (Wildman–Crippen LogP) is 1.40. The number of nitrogens with two attached hydrogens (primary N) is 1. The normalized spacial score (nSPS) is 12.2. The number of nitrogens with one attached hydrogen (secondary N) is 1.